The summed E-state index contributed by atoms with van der Waals surface area (Å²) in [6, 6.07) is 8.43. The molecule has 2 N–H and O–H groups in total. The first-order chi connectivity index (χ1) is 9.72. The zero-order chi connectivity index (χ0) is 14.4. The maximum Gasteiger partial charge on any atom is 0.115 e. The summed E-state index contributed by atoms with van der Waals surface area (Å²) in [6.07, 6.45) is 7.89. The zero-order valence-electron chi connectivity index (χ0n) is 12.9. The molecule has 112 valence electrons. The predicted octanol–water partition coefficient (Wildman–Crippen LogP) is 4.13. The Labute approximate surface area is 123 Å². The third kappa shape index (κ3) is 4.24. The van der Waals surface area contributed by atoms with Gasteiger partial charge in [0.15, 0.2) is 0 Å². The summed E-state index contributed by atoms with van der Waals surface area (Å²) in [5.41, 5.74) is 1.35. The minimum atomic E-state index is 0.365. The van der Waals surface area contributed by atoms with Gasteiger partial charge in [0.2, 0.25) is 0 Å². The van der Waals surface area contributed by atoms with E-state index in [1.54, 1.807) is 0 Å². The molecule has 0 radical (unpaired) electrons. The summed E-state index contributed by atoms with van der Waals surface area (Å²) < 4.78 is 0. The van der Waals surface area contributed by atoms with Gasteiger partial charge in [-0.3, -0.25) is 0 Å². The van der Waals surface area contributed by atoms with Gasteiger partial charge in [0.25, 0.3) is 0 Å². The Kier molecular flexibility index (Phi) is 5.90. The van der Waals surface area contributed by atoms with Gasteiger partial charge in [-0.05, 0) is 61.8 Å². The van der Waals surface area contributed by atoms with Crippen molar-refractivity contribution in [3.8, 4) is 5.75 Å². The number of nitrogens with one attached hydrogen (secondary N) is 1. The highest BCUT2D eigenvalue weighted by Crippen LogP contribution is 2.34. The highest BCUT2D eigenvalue weighted by Gasteiger charge is 2.29. The number of hydrogen-bond acceptors (Lipinski definition) is 2. The van der Waals surface area contributed by atoms with Gasteiger partial charge in [0.05, 0.1) is 0 Å². The monoisotopic (exact) mass is 275 g/mol. The predicted molar refractivity (Wildman–Crippen MR) is 85.0 cm³/mol. The number of phenols is 1. The first-order valence-electron chi connectivity index (χ1n) is 8.24. The highest BCUT2D eigenvalue weighted by molar-refractivity contribution is 5.26. The van der Waals surface area contributed by atoms with Crippen LogP contribution in [0.15, 0.2) is 24.3 Å². The van der Waals surface area contributed by atoms with Gasteiger partial charge in [0.1, 0.15) is 5.75 Å². The van der Waals surface area contributed by atoms with Crippen molar-refractivity contribution in [2.24, 2.45) is 11.8 Å². The molecule has 0 amide bonds. The minimum Gasteiger partial charge on any atom is -0.508 e. The van der Waals surface area contributed by atoms with Gasteiger partial charge in [0, 0.05) is 6.04 Å². The van der Waals surface area contributed by atoms with Crippen LogP contribution in [0, 0.1) is 11.8 Å². The molecule has 2 heteroatoms. The van der Waals surface area contributed by atoms with Crippen LogP contribution in [0.4, 0.5) is 0 Å². The molecular formula is C18H29NO. The molecule has 0 spiro atoms. The average molecular weight is 275 g/mol. The van der Waals surface area contributed by atoms with E-state index in [4.69, 9.17) is 0 Å². The Hall–Kier alpha value is -1.02. The van der Waals surface area contributed by atoms with Crippen molar-refractivity contribution in [2.75, 3.05) is 6.54 Å². The van der Waals surface area contributed by atoms with Gasteiger partial charge in [-0.15, -0.1) is 0 Å². The number of benzene rings is 1. The van der Waals surface area contributed by atoms with E-state index in [0.29, 0.717) is 11.8 Å². The van der Waals surface area contributed by atoms with Crippen molar-refractivity contribution in [2.45, 2.75) is 58.4 Å². The molecule has 20 heavy (non-hydrogen) atoms. The molecule has 0 heterocycles. The van der Waals surface area contributed by atoms with Gasteiger partial charge in [-0.25, -0.2) is 0 Å². The van der Waals surface area contributed by atoms with Crippen molar-refractivity contribution < 1.29 is 5.11 Å². The molecule has 1 aliphatic rings. The van der Waals surface area contributed by atoms with E-state index in [0.717, 1.165) is 24.8 Å². The Morgan fingerprint density at radius 1 is 1.15 bits per heavy atom. The topological polar surface area (TPSA) is 32.3 Å². The van der Waals surface area contributed by atoms with Crippen molar-refractivity contribution >= 4 is 0 Å². The summed E-state index contributed by atoms with van der Waals surface area (Å²) in [5, 5.41) is 13.1. The Morgan fingerprint density at radius 3 is 2.55 bits per heavy atom. The number of aromatic hydroxyl groups is 1. The van der Waals surface area contributed by atoms with Crippen LogP contribution < -0.4 is 5.32 Å². The summed E-state index contributed by atoms with van der Waals surface area (Å²) >= 11 is 0. The van der Waals surface area contributed by atoms with E-state index in [9.17, 15) is 5.11 Å². The SMILES string of the molecule is CCCC1CCC(NCC)C(Cc2ccc(O)cc2)C1. The molecule has 1 saturated carbocycles. The summed E-state index contributed by atoms with van der Waals surface area (Å²) in [6.45, 7) is 5.57. The third-order valence-electron chi connectivity index (χ3n) is 4.69. The fourth-order valence-corrected chi connectivity index (χ4v) is 3.72. The van der Waals surface area contributed by atoms with Crippen molar-refractivity contribution in [3.05, 3.63) is 29.8 Å². The van der Waals surface area contributed by atoms with E-state index >= 15 is 0 Å². The summed E-state index contributed by atoms with van der Waals surface area (Å²) in [7, 11) is 0. The van der Waals surface area contributed by atoms with Crippen LogP contribution in [0.25, 0.3) is 0 Å². The van der Waals surface area contributed by atoms with Gasteiger partial charge >= 0.3 is 0 Å². The lowest BCUT2D eigenvalue weighted by atomic mass is 9.74. The Balaban J connectivity index is 2.00. The van der Waals surface area contributed by atoms with Crippen LogP contribution >= 0.6 is 0 Å². The van der Waals surface area contributed by atoms with Gasteiger partial charge in [-0.1, -0.05) is 38.8 Å². The lowest BCUT2D eigenvalue weighted by Gasteiger charge is -2.37. The van der Waals surface area contributed by atoms with Crippen LogP contribution in [-0.4, -0.2) is 17.7 Å². The molecule has 3 atom stereocenters. The molecule has 0 aromatic heterocycles. The third-order valence-corrected chi connectivity index (χ3v) is 4.69. The second-order valence-electron chi connectivity index (χ2n) is 6.26. The first-order valence-corrected chi connectivity index (χ1v) is 8.24. The molecule has 2 nitrogen and oxygen atoms in total. The van der Waals surface area contributed by atoms with Crippen molar-refractivity contribution in [1.29, 1.82) is 0 Å². The molecule has 0 aliphatic heterocycles. The lowest BCUT2D eigenvalue weighted by Crippen LogP contribution is -2.41. The van der Waals surface area contributed by atoms with Crippen molar-refractivity contribution in [3.63, 3.8) is 0 Å². The van der Waals surface area contributed by atoms with Gasteiger partial charge < -0.3 is 10.4 Å². The number of rotatable bonds is 6. The van der Waals surface area contributed by atoms with E-state index in [1.165, 1.54) is 37.7 Å². The summed E-state index contributed by atoms with van der Waals surface area (Å²) in [4.78, 5) is 0. The largest absolute Gasteiger partial charge is 0.508 e. The maximum atomic E-state index is 9.40. The molecule has 1 aliphatic carbocycles. The molecule has 1 aromatic carbocycles. The lowest BCUT2D eigenvalue weighted by molar-refractivity contribution is 0.195. The minimum absolute atomic E-state index is 0.365. The van der Waals surface area contributed by atoms with Crippen LogP contribution in [0.1, 0.15) is 51.5 Å². The maximum absolute atomic E-state index is 9.40. The normalized spacial score (nSPS) is 26.6. The molecule has 1 aromatic rings. The quantitative estimate of drug-likeness (QED) is 0.818. The van der Waals surface area contributed by atoms with Crippen LogP contribution in [-0.2, 0) is 6.42 Å². The smallest absolute Gasteiger partial charge is 0.115 e. The molecule has 0 saturated heterocycles. The number of phenolic OH excluding ortho intramolecular Hbond substituents is 1. The molecule has 2 rings (SSSR count). The van der Waals surface area contributed by atoms with E-state index in [-0.39, 0.29) is 0 Å². The van der Waals surface area contributed by atoms with E-state index in [1.807, 2.05) is 12.1 Å². The standard InChI is InChI=1S/C18H29NO/c1-3-5-14-8-11-18(19-4-2)16(12-14)13-15-6-9-17(20)10-7-15/h6-7,9-10,14,16,18-20H,3-5,8,11-13H2,1-2H3. The van der Waals surface area contributed by atoms with E-state index < -0.39 is 0 Å². The van der Waals surface area contributed by atoms with Crippen molar-refractivity contribution in [1.82, 2.24) is 5.32 Å². The van der Waals surface area contributed by atoms with Crippen LogP contribution in [0.5, 0.6) is 5.75 Å². The fourth-order valence-electron chi connectivity index (χ4n) is 3.72. The number of hydrogen-bond donors (Lipinski definition) is 2. The molecule has 3 unspecified atom stereocenters. The second kappa shape index (κ2) is 7.68. The highest BCUT2D eigenvalue weighted by atomic mass is 16.3. The van der Waals surface area contributed by atoms with Gasteiger partial charge in [-0.2, -0.15) is 0 Å². The zero-order valence-corrected chi connectivity index (χ0v) is 12.9. The van der Waals surface area contributed by atoms with Crippen LogP contribution in [0.3, 0.4) is 0 Å². The van der Waals surface area contributed by atoms with Crippen LogP contribution in [0.2, 0.25) is 0 Å². The Morgan fingerprint density at radius 2 is 1.90 bits per heavy atom. The first kappa shape index (κ1) is 15.4. The average Bonchev–Trinajstić information content (AvgIpc) is 2.45. The molecule has 0 bridgehead atoms. The molecular weight excluding hydrogens is 246 g/mol. The fraction of sp³-hybridized carbons (Fsp3) is 0.667. The summed E-state index contributed by atoms with van der Waals surface area (Å²) in [5.74, 6) is 2.02. The van der Waals surface area contributed by atoms with E-state index in [2.05, 4.69) is 31.3 Å². The molecule has 1 fully saturated rings. The second-order valence-corrected chi connectivity index (χ2v) is 6.26. The Bertz CT molecular complexity index is 387.